The maximum absolute atomic E-state index is 13.4. The van der Waals surface area contributed by atoms with Gasteiger partial charge in [0.25, 0.3) is 6.43 Å². The predicted octanol–water partition coefficient (Wildman–Crippen LogP) is 2.18. The Morgan fingerprint density at radius 1 is 1.22 bits per heavy atom. The van der Waals surface area contributed by atoms with Crippen molar-refractivity contribution in [2.24, 2.45) is 0 Å². The van der Waals surface area contributed by atoms with Crippen LogP contribution >= 0.6 is 11.3 Å². The molecular weight excluding hydrogens is 512 g/mol. The number of alkyl halides is 2. The molecule has 11 nitrogen and oxygen atoms in total. The Kier molecular flexibility index (Phi) is 5.91. The Labute approximate surface area is 209 Å². The molecule has 1 saturated heterocycles. The number of nitriles is 2. The minimum absolute atomic E-state index is 0.0375. The molecule has 15 heteroatoms. The zero-order valence-electron chi connectivity index (χ0n) is 19.2. The lowest BCUT2D eigenvalue weighted by Gasteiger charge is -2.38. The van der Waals surface area contributed by atoms with Crippen molar-refractivity contribution in [3.05, 3.63) is 23.0 Å². The molecule has 0 unspecified atom stereocenters. The van der Waals surface area contributed by atoms with E-state index in [2.05, 4.69) is 25.2 Å². The fourth-order valence-electron chi connectivity index (χ4n) is 4.40. The molecule has 1 aliphatic carbocycles. The molecule has 1 saturated carbocycles. The molecular formula is C21H21F2N9O2S2. The molecule has 0 bridgehead atoms. The average Bonchev–Trinajstić information content (AvgIpc) is 3.25. The molecule has 0 spiro atoms. The van der Waals surface area contributed by atoms with E-state index < -0.39 is 27.0 Å². The number of sulfonamides is 1. The molecule has 0 radical (unpaired) electrons. The molecule has 2 aliphatic rings. The number of nitrogens with zero attached hydrogens (tertiary/aromatic N) is 7. The summed E-state index contributed by atoms with van der Waals surface area (Å²) in [5.41, 5.74) is -0.857. The summed E-state index contributed by atoms with van der Waals surface area (Å²) in [6, 6.07) is 6.94. The van der Waals surface area contributed by atoms with Gasteiger partial charge in [-0.25, -0.2) is 22.2 Å². The van der Waals surface area contributed by atoms with Gasteiger partial charge >= 0.3 is 0 Å². The summed E-state index contributed by atoms with van der Waals surface area (Å²) in [5.74, 6) is 0.360. The van der Waals surface area contributed by atoms with Gasteiger partial charge in [0.15, 0.2) is 10.0 Å². The largest absolute Gasteiger partial charge is 0.355 e. The van der Waals surface area contributed by atoms with Gasteiger partial charge in [-0.2, -0.15) is 15.2 Å². The summed E-state index contributed by atoms with van der Waals surface area (Å²) < 4.78 is 57.1. The number of halogens is 2. The number of piperazine rings is 1. The highest BCUT2D eigenvalue weighted by molar-refractivity contribution is 7.89. The third-order valence-corrected chi connectivity index (χ3v) is 8.56. The molecule has 188 valence electrons. The number of pyridine rings is 1. The quantitative estimate of drug-likeness (QED) is 0.485. The van der Waals surface area contributed by atoms with Crippen LogP contribution in [0, 0.1) is 22.7 Å². The number of fused-ring (bicyclic) bond motifs is 1. The molecule has 2 N–H and O–H groups in total. The molecule has 2 fully saturated rings. The first kappa shape index (κ1) is 24.5. The summed E-state index contributed by atoms with van der Waals surface area (Å²) in [6.45, 7) is 5.02. The molecule has 2 atom stereocenters. The number of hydrogen-bond donors (Lipinski definition) is 2. The first-order valence-electron chi connectivity index (χ1n) is 11.1. The Morgan fingerprint density at radius 2 is 1.92 bits per heavy atom. The lowest BCUT2D eigenvalue weighted by Crippen LogP contribution is -2.54. The highest BCUT2D eigenvalue weighted by Crippen LogP contribution is 2.38. The van der Waals surface area contributed by atoms with Gasteiger partial charge < -0.3 is 10.2 Å². The van der Waals surface area contributed by atoms with Crippen LogP contribution in [0.5, 0.6) is 0 Å². The van der Waals surface area contributed by atoms with Gasteiger partial charge in [0.05, 0.1) is 16.5 Å². The fourth-order valence-corrected chi connectivity index (χ4v) is 6.50. The summed E-state index contributed by atoms with van der Waals surface area (Å²) in [7, 11) is -4.14. The second kappa shape index (κ2) is 8.70. The molecule has 0 aromatic carbocycles. The maximum atomic E-state index is 13.4. The zero-order valence-corrected chi connectivity index (χ0v) is 20.9. The van der Waals surface area contributed by atoms with Crippen molar-refractivity contribution in [1.82, 2.24) is 29.6 Å². The van der Waals surface area contributed by atoms with Crippen LogP contribution in [-0.2, 0) is 10.0 Å². The highest BCUT2D eigenvalue weighted by atomic mass is 32.2. The van der Waals surface area contributed by atoms with Crippen molar-refractivity contribution in [3.63, 3.8) is 0 Å². The summed E-state index contributed by atoms with van der Waals surface area (Å²) in [6.07, 6.45) is -2.02. The van der Waals surface area contributed by atoms with Gasteiger partial charge in [-0.05, 0) is 38.8 Å². The minimum atomic E-state index is -4.14. The van der Waals surface area contributed by atoms with Gasteiger partial charge in [0, 0.05) is 25.2 Å². The van der Waals surface area contributed by atoms with E-state index >= 15 is 0 Å². The number of rotatable bonds is 6. The van der Waals surface area contributed by atoms with E-state index in [-0.39, 0.29) is 39.0 Å². The minimum Gasteiger partial charge on any atom is -0.355 e. The third kappa shape index (κ3) is 4.28. The van der Waals surface area contributed by atoms with E-state index in [9.17, 15) is 27.7 Å². The van der Waals surface area contributed by atoms with Crippen molar-refractivity contribution < 1.29 is 17.2 Å². The molecule has 4 heterocycles. The van der Waals surface area contributed by atoms with Crippen molar-refractivity contribution in [2.45, 2.75) is 55.6 Å². The number of aromatic nitrogens is 4. The van der Waals surface area contributed by atoms with Crippen LogP contribution in [0.4, 0.5) is 14.6 Å². The highest BCUT2D eigenvalue weighted by Gasteiger charge is 2.47. The lowest BCUT2D eigenvalue weighted by molar-refractivity contribution is 0.150. The van der Waals surface area contributed by atoms with Crippen LogP contribution in [0.2, 0.25) is 0 Å². The summed E-state index contributed by atoms with van der Waals surface area (Å²) >= 11 is 0.623. The monoisotopic (exact) mass is 533 g/mol. The second-order valence-electron chi connectivity index (χ2n) is 9.09. The van der Waals surface area contributed by atoms with Crippen molar-refractivity contribution in [1.29, 1.82) is 10.5 Å². The van der Waals surface area contributed by atoms with Gasteiger partial charge in [-0.1, -0.05) is 11.3 Å². The van der Waals surface area contributed by atoms with Crippen LogP contribution in [0.3, 0.4) is 0 Å². The molecule has 3 aromatic heterocycles. The van der Waals surface area contributed by atoms with E-state index in [1.165, 1.54) is 16.5 Å². The van der Waals surface area contributed by atoms with Crippen molar-refractivity contribution >= 4 is 32.7 Å². The first-order chi connectivity index (χ1) is 17.1. The first-order valence-corrected chi connectivity index (χ1v) is 13.4. The Morgan fingerprint density at radius 3 is 2.47 bits per heavy atom. The smallest absolute Gasteiger partial charge is 0.291 e. The van der Waals surface area contributed by atoms with Gasteiger partial charge in [-0.15, -0.1) is 10.2 Å². The topological polar surface area (TPSA) is 152 Å². The molecule has 1 aliphatic heterocycles. The maximum Gasteiger partial charge on any atom is 0.291 e. The SMILES string of the molecule is C[C@H]1CN(c2cc(S(=O)(=O)NC3(C#N)CC3)cc3c(-c4nnc(C(F)F)s4)nc(C#N)n23)C[C@H](C)N1. The number of imidazole rings is 1. The number of hydrogen-bond acceptors (Lipinski definition) is 10. The number of nitrogens with one attached hydrogen (secondary N) is 2. The van der Waals surface area contributed by atoms with Gasteiger partial charge in [-0.3, -0.25) is 4.40 Å². The summed E-state index contributed by atoms with van der Waals surface area (Å²) in [4.78, 5) is 6.15. The van der Waals surface area contributed by atoms with E-state index in [0.29, 0.717) is 43.1 Å². The van der Waals surface area contributed by atoms with Crippen LogP contribution in [0.25, 0.3) is 16.2 Å². The van der Waals surface area contributed by atoms with Crippen LogP contribution < -0.4 is 14.9 Å². The van der Waals surface area contributed by atoms with Crippen LogP contribution in [0.15, 0.2) is 17.0 Å². The average molecular weight is 534 g/mol. The second-order valence-corrected chi connectivity index (χ2v) is 11.8. The zero-order chi connectivity index (χ0) is 25.8. The summed E-state index contributed by atoms with van der Waals surface area (Å²) in [5, 5.41) is 29.5. The van der Waals surface area contributed by atoms with Crippen molar-refractivity contribution in [2.75, 3.05) is 18.0 Å². The Hall–Kier alpha value is -3.24. The van der Waals surface area contributed by atoms with Gasteiger partial charge in [0.1, 0.15) is 23.1 Å². The predicted molar refractivity (Wildman–Crippen MR) is 126 cm³/mol. The van der Waals surface area contributed by atoms with E-state index in [4.69, 9.17) is 0 Å². The standard InChI is InChI=1S/C21H21F2N9O2S2/c1-11-8-31(9-12(2)26-11)16-6-13(36(33,34)30-21(10-25)3-4-21)5-14-17(27-15(7-24)32(14)16)19-28-29-20(35-19)18(22)23/h5-6,11-12,18,26,30H,3-4,8-9H2,1-2H3/t11-,12-/m0/s1. The van der Waals surface area contributed by atoms with E-state index in [1.807, 2.05) is 30.9 Å². The van der Waals surface area contributed by atoms with E-state index in [0.717, 1.165) is 0 Å². The van der Waals surface area contributed by atoms with Gasteiger partial charge in [0.2, 0.25) is 15.8 Å². The van der Waals surface area contributed by atoms with Crippen molar-refractivity contribution in [3.8, 4) is 22.8 Å². The normalized spacial score (nSPS) is 21.5. The lowest BCUT2D eigenvalue weighted by atomic mass is 10.1. The third-order valence-electron chi connectivity index (χ3n) is 6.11. The van der Waals surface area contributed by atoms with Crippen LogP contribution in [0.1, 0.15) is 43.9 Å². The molecule has 3 aromatic rings. The van der Waals surface area contributed by atoms with Crippen LogP contribution in [-0.4, -0.2) is 58.7 Å². The Bertz CT molecular complexity index is 1520. The molecule has 5 rings (SSSR count). The fraction of sp³-hybridized carbons (Fsp3) is 0.476. The van der Waals surface area contributed by atoms with E-state index in [1.54, 1.807) is 0 Å². The number of anilines is 1. The molecule has 36 heavy (non-hydrogen) atoms. The Balaban J connectivity index is 1.74. The molecule has 0 amide bonds.